The number of nitrogens with zero attached hydrogens (tertiary/aromatic N) is 2. The molecule has 0 bridgehead atoms. The van der Waals surface area contributed by atoms with Gasteiger partial charge in [0.2, 0.25) is 0 Å². The molecule has 2 aromatic heterocycles. The first-order valence-corrected chi connectivity index (χ1v) is 20.4. The Bertz CT molecular complexity index is 3290. The van der Waals surface area contributed by atoms with Crippen molar-refractivity contribution in [2.75, 3.05) is 4.90 Å². The largest absolute Gasteiger partial charge is 0.310 e. The molecule has 0 amide bonds. The van der Waals surface area contributed by atoms with Gasteiger partial charge < -0.3 is 9.47 Å². The van der Waals surface area contributed by atoms with Crippen LogP contribution < -0.4 is 4.90 Å². The quantitative estimate of drug-likeness (QED) is 0.157. The lowest BCUT2D eigenvalue weighted by Gasteiger charge is -2.29. The van der Waals surface area contributed by atoms with Crippen molar-refractivity contribution in [2.45, 2.75) is 0 Å². The van der Waals surface area contributed by atoms with E-state index in [0.717, 1.165) is 61.2 Å². The Balaban J connectivity index is 1.09. The minimum absolute atomic E-state index is 0.241. The molecule has 0 fully saturated rings. The van der Waals surface area contributed by atoms with Gasteiger partial charge >= 0.3 is 0 Å². The van der Waals surface area contributed by atoms with E-state index < -0.39 is 0 Å². The monoisotopic (exact) mass is 762 g/mol. The second kappa shape index (κ2) is 14.0. The molecule has 0 saturated heterocycles. The van der Waals surface area contributed by atoms with Crippen molar-refractivity contribution >= 4 is 70.4 Å². The molecule has 0 radical (unpaired) electrons. The van der Waals surface area contributed by atoms with Crippen LogP contribution in [0.15, 0.2) is 212 Å². The lowest BCUT2D eigenvalue weighted by atomic mass is 9.98. The third kappa shape index (κ3) is 5.69. The van der Waals surface area contributed by atoms with Crippen molar-refractivity contribution in [2.24, 2.45) is 0 Å². The summed E-state index contributed by atoms with van der Waals surface area (Å²) in [5, 5.41) is 4.51. The summed E-state index contributed by atoms with van der Waals surface area (Å²) in [6.07, 6.45) is 0. The van der Waals surface area contributed by atoms with Crippen molar-refractivity contribution in [3.8, 4) is 39.1 Å². The van der Waals surface area contributed by atoms with Crippen LogP contribution in [0.25, 0.3) is 81.0 Å². The molecule has 2 nitrogen and oxygen atoms in total. The zero-order valence-electron chi connectivity index (χ0n) is 31.4. The van der Waals surface area contributed by atoms with Gasteiger partial charge in [-0.05, 0) is 89.0 Å². The predicted molar refractivity (Wildman–Crippen MR) is 245 cm³/mol. The van der Waals surface area contributed by atoms with Crippen LogP contribution in [0.5, 0.6) is 0 Å². The third-order valence-corrected chi connectivity index (χ3v) is 12.5. The first-order chi connectivity index (χ1) is 28.7. The van der Waals surface area contributed by atoms with Gasteiger partial charge in [0, 0.05) is 53.4 Å². The lowest BCUT2D eigenvalue weighted by Crippen LogP contribution is -2.11. The second-order valence-corrected chi connectivity index (χ2v) is 15.7. The number of thiophene rings is 1. The van der Waals surface area contributed by atoms with Crippen LogP contribution in [0.2, 0.25) is 0 Å². The van der Waals surface area contributed by atoms with Gasteiger partial charge in [0.05, 0.1) is 22.4 Å². The van der Waals surface area contributed by atoms with Gasteiger partial charge in [-0.1, -0.05) is 146 Å². The number of hydrogen-bond donors (Lipinski definition) is 0. The molecular weight excluding hydrogens is 728 g/mol. The van der Waals surface area contributed by atoms with Crippen LogP contribution in [0, 0.1) is 5.82 Å². The lowest BCUT2D eigenvalue weighted by molar-refractivity contribution is 0.629. The van der Waals surface area contributed by atoms with Crippen LogP contribution in [-0.4, -0.2) is 4.57 Å². The standard InChI is InChI=1S/C54H35FN2S/c55-39-29-34-52-48(35-39)45-17-6-10-23-51(45)57(52)50-22-9-5-16-44(50)43-15-4-8-21-49(43)56(40-30-25-37(26-31-40)36-13-2-1-3-14-36)41-32-27-38(28-33-41)42-19-12-20-47-46-18-7-11-24-53(46)58-54(42)47/h1-35H. The second-order valence-electron chi connectivity index (χ2n) is 14.6. The van der Waals surface area contributed by atoms with Crippen LogP contribution >= 0.6 is 11.3 Å². The summed E-state index contributed by atoms with van der Waals surface area (Å²) in [6, 6.07) is 74.3. The third-order valence-electron chi connectivity index (χ3n) is 11.3. The van der Waals surface area contributed by atoms with Gasteiger partial charge in [-0.2, -0.15) is 0 Å². The smallest absolute Gasteiger partial charge is 0.123 e. The Morgan fingerprint density at radius 3 is 1.79 bits per heavy atom. The van der Waals surface area contributed by atoms with E-state index in [-0.39, 0.29) is 5.82 Å². The molecule has 0 aliphatic carbocycles. The molecular formula is C54H35FN2S. The maximum absolute atomic E-state index is 14.7. The van der Waals surface area contributed by atoms with E-state index in [1.54, 1.807) is 12.1 Å². The maximum atomic E-state index is 14.7. The summed E-state index contributed by atoms with van der Waals surface area (Å²) in [5.41, 5.74) is 13.1. The fourth-order valence-electron chi connectivity index (χ4n) is 8.62. The van der Waals surface area contributed by atoms with Crippen LogP contribution in [-0.2, 0) is 0 Å². The summed E-state index contributed by atoms with van der Waals surface area (Å²) >= 11 is 1.86. The van der Waals surface area contributed by atoms with E-state index >= 15 is 0 Å². The fourth-order valence-corrected chi connectivity index (χ4v) is 9.86. The van der Waals surface area contributed by atoms with Crippen molar-refractivity contribution in [3.05, 3.63) is 218 Å². The molecule has 9 aromatic carbocycles. The number of halogens is 1. The molecule has 0 N–H and O–H groups in total. The maximum Gasteiger partial charge on any atom is 0.123 e. The minimum atomic E-state index is -0.241. The summed E-state index contributed by atoms with van der Waals surface area (Å²) in [7, 11) is 0. The molecule has 58 heavy (non-hydrogen) atoms. The fraction of sp³-hybridized carbons (Fsp3) is 0. The Hall–Kier alpha value is -7.27. The molecule has 4 heteroatoms. The number of rotatable bonds is 7. The summed E-state index contributed by atoms with van der Waals surface area (Å²) in [4.78, 5) is 2.37. The topological polar surface area (TPSA) is 8.17 Å². The van der Waals surface area contributed by atoms with Gasteiger partial charge in [-0.3, -0.25) is 0 Å². The first kappa shape index (κ1) is 34.0. The molecule has 2 heterocycles. The van der Waals surface area contributed by atoms with E-state index in [2.05, 4.69) is 198 Å². The Labute approximate surface area is 339 Å². The van der Waals surface area contributed by atoms with E-state index in [0.29, 0.717) is 0 Å². The highest BCUT2D eigenvalue weighted by Gasteiger charge is 2.22. The van der Waals surface area contributed by atoms with E-state index in [4.69, 9.17) is 0 Å². The molecule has 0 aliphatic rings. The number of benzene rings is 9. The highest BCUT2D eigenvalue weighted by Crippen LogP contribution is 2.45. The van der Waals surface area contributed by atoms with Gasteiger partial charge in [0.1, 0.15) is 5.82 Å². The molecule has 0 atom stereocenters. The number of para-hydroxylation sites is 3. The van der Waals surface area contributed by atoms with Gasteiger partial charge in [-0.15, -0.1) is 11.3 Å². The number of aromatic nitrogens is 1. The van der Waals surface area contributed by atoms with Crippen LogP contribution in [0.3, 0.4) is 0 Å². The van der Waals surface area contributed by atoms with Crippen molar-refractivity contribution in [1.29, 1.82) is 0 Å². The van der Waals surface area contributed by atoms with Crippen LogP contribution in [0.1, 0.15) is 0 Å². The van der Waals surface area contributed by atoms with E-state index in [1.165, 1.54) is 36.9 Å². The highest BCUT2D eigenvalue weighted by molar-refractivity contribution is 7.26. The highest BCUT2D eigenvalue weighted by atomic mass is 32.1. The Morgan fingerprint density at radius 2 is 0.983 bits per heavy atom. The normalized spacial score (nSPS) is 11.5. The average Bonchev–Trinajstić information content (AvgIpc) is 3.83. The molecule has 11 rings (SSSR count). The molecule has 0 spiro atoms. The molecule has 0 saturated carbocycles. The number of fused-ring (bicyclic) bond motifs is 6. The zero-order chi connectivity index (χ0) is 38.6. The Morgan fingerprint density at radius 1 is 0.397 bits per heavy atom. The molecule has 0 unspecified atom stereocenters. The average molecular weight is 763 g/mol. The van der Waals surface area contributed by atoms with E-state index in [9.17, 15) is 4.39 Å². The first-order valence-electron chi connectivity index (χ1n) is 19.5. The number of anilines is 3. The molecule has 11 aromatic rings. The van der Waals surface area contributed by atoms with Crippen molar-refractivity contribution in [3.63, 3.8) is 0 Å². The van der Waals surface area contributed by atoms with Gasteiger partial charge in [0.25, 0.3) is 0 Å². The summed E-state index contributed by atoms with van der Waals surface area (Å²) in [6.45, 7) is 0. The molecule has 274 valence electrons. The van der Waals surface area contributed by atoms with Crippen molar-refractivity contribution in [1.82, 2.24) is 4.57 Å². The molecule has 0 aliphatic heterocycles. The number of hydrogen-bond acceptors (Lipinski definition) is 2. The predicted octanol–water partition coefficient (Wildman–Crippen LogP) is 15.8. The van der Waals surface area contributed by atoms with E-state index in [1.807, 2.05) is 23.5 Å². The summed E-state index contributed by atoms with van der Waals surface area (Å²) < 4.78 is 19.6. The van der Waals surface area contributed by atoms with Crippen LogP contribution in [0.4, 0.5) is 21.5 Å². The minimum Gasteiger partial charge on any atom is -0.310 e. The zero-order valence-corrected chi connectivity index (χ0v) is 32.2. The SMILES string of the molecule is Fc1ccc2c(c1)c1ccccc1n2-c1ccccc1-c1ccccc1N(c1ccc(-c2ccccc2)cc1)c1ccc(-c2cccc3c2sc2ccccc23)cc1. The Kier molecular flexibility index (Phi) is 8.23. The van der Waals surface area contributed by atoms with Gasteiger partial charge in [-0.25, -0.2) is 4.39 Å². The summed E-state index contributed by atoms with van der Waals surface area (Å²) in [5.74, 6) is -0.241. The van der Waals surface area contributed by atoms with Crippen molar-refractivity contribution < 1.29 is 4.39 Å². The van der Waals surface area contributed by atoms with Gasteiger partial charge in [0.15, 0.2) is 0 Å².